The van der Waals surface area contributed by atoms with E-state index >= 15 is 0 Å². The molecule has 4 heteroatoms. The Labute approximate surface area is 96.8 Å². The topological polar surface area (TPSA) is 34.1 Å². The van der Waals surface area contributed by atoms with E-state index in [1.165, 1.54) is 19.3 Å². The van der Waals surface area contributed by atoms with Gasteiger partial charge in [-0.3, -0.25) is 0 Å². The summed E-state index contributed by atoms with van der Waals surface area (Å²) in [4.78, 5) is 0. The maximum atomic E-state index is 11.6. The van der Waals surface area contributed by atoms with Gasteiger partial charge in [-0.1, -0.05) is 32.6 Å². The highest BCUT2D eigenvalue weighted by molar-refractivity contribution is 8.15. The Bertz CT molecular complexity index is 332. The lowest BCUT2D eigenvalue weighted by atomic mass is 9.75. The fraction of sp³-hybridized carbons (Fsp3) is 1.00. The lowest BCUT2D eigenvalue weighted by Gasteiger charge is -2.35. The fourth-order valence-electron chi connectivity index (χ4n) is 3.31. The van der Waals surface area contributed by atoms with Gasteiger partial charge in [0.15, 0.2) is 0 Å². The van der Waals surface area contributed by atoms with Crippen LogP contribution in [0.15, 0.2) is 0 Å². The van der Waals surface area contributed by atoms with Gasteiger partial charge in [0.2, 0.25) is 9.05 Å². The van der Waals surface area contributed by atoms with Crippen molar-refractivity contribution in [2.45, 2.75) is 56.6 Å². The number of hydrogen-bond donors (Lipinski definition) is 0. The third kappa shape index (κ3) is 1.93. The minimum absolute atomic E-state index is 0.332. The lowest BCUT2D eigenvalue weighted by molar-refractivity contribution is 0.214. The maximum absolute atomic E-state index is 11.6. The molecule has 2 aliphatic rings. The molecular weight excluding hydrogens is 232 g/mol. The Morgan fingerprint density at radius 2 is 1.87 bits per heavy atom. The SMILES string of the molecule is CCC1CCCCC1C1(S(=O)(=O)Cl)CC1. The van der Waals surface area contributed by atoms with E-state index in [0.717, 1.165) is 25.7 Å². The van der Waals surface area contributed by atoms with Crippen LogP contribution in [0.25, 0.3) is 0 Å². The Hall–Kier alpha value is 0.240. The second-order valence-corrected chi connectivity index (χ2v) is 7.97. The largest absolute Gasteiger partial charge is 0.238 e. The first-order valence-corrected chi connectivity index (χ1v) is 8.26. The first kappa shape index (κ1) is 11.7. The van der Waals surface area contributed by atoms with E-state index in [9.17, 15) is 8.42 Å². The summed E-state index contributed by atoms with van der Waals surface area (Å²) >= 11 is 0. The van der Waals surface area contributed by atoms with E-state index in [1.54, 1.807) is 0 Å². The highest BCUT2D eigenvalue weighted by Crippen LogP contribution is 2.57. The summed E-state index contributed by atoms with van der Waals surface area (Å²) in [5, 5.41) is 0. The summed E-state index contributed by atoms with van der Waals surface area (Å²) in [6.45, 7) is 2.17. The first-order chi connectivity index (χ1) is 7.01. The third-order valence-electron chi connectivity index (χ3n) is 4.34. The summed E-state index contributed by atoms with van der Waals surface area (Å²) in [6.07, 6.45) is 7.36. The molecule has 0 aromatic carbocycles. The van der Waals surface area contributed by atoms with Crippen LogP contribution in [0.2, 0.25) is 0 Å². The number of hydrogen-bond acceptors (Lipinski definition) is 2. The second-order valence-electron chi connectivity index (χ2n) is 5.06. The van der Waals surface area contributed by atoms with Crippen LogP contribution in [0.1, 0.15) is 51.9 Å². The third-order valence-corrected chi connectivity index (χ3v) is 6.94. The zero-order valence-corrected chi connectivity index (χ0v) is 10.8. The molecule has 0 heterocycles. The van der Waals surface area contributed by atoms with E-state index in [2.05, 4.69) is 6.92 Å². The van der Waals surface area contributed by atoms with Gasteiger partial charge in [0.1, 0.15) is 0 Å². The van der Waals surface area contributed by atoms with Crippen LogP contribution < -0.4 is 0 Å². The van der Waals surface area contributed by atoms with Gasteiger partial charge in [0.25, 0.3) is 0 Å². The van der Waals surface area contributed by atoms with Gasteiger partial charge < -0.3 is 0 Å². The van der Waals surface area contributed by atoms with Crippen LogP contribution in [0.4, 0.5) is 0 Å². The van der Waals surface area contributed by atoms with Gasteiger partial charge in [-0.25, -0.2) is 8.42 Å². The smallest absolute Gasteiger partial charge is 0.212 e. The van der Waals surface area contributed by atoms with Crippen molar-refractivity contribution in [2.75, 3.05) is 0 Å². The van der Waals surface area contributed by atoms with Crippen molar-refractivity contribution >= 4 is 19.7 Å². The second kappa shape index (κ2) is 3.92. The molecule has 0 spiro atoms. The van der Waals surface area contributed by atoms with Crippen LogP contribution in [-0.2, 0) is 9.05 Å². The molecule has 0 radical (unpaired) electrons. The molecule has 15 heavy (non-hydrogen) atoms. The van der Waals surface area contributed by atoms with Crippen LogP contribution in [0, 0.1) is 11.8 Å². The van der Waals surface area contributed by atoms with Gasteiger partial charge >= 0.3 is 0 Å². The molecule has 2 saturated carbocycles. The molecule has 0 aromatic heterocycles. The molecule has 0 aliphatic heterocycles. The molecule has 0 aromatic rings. The molecule has 2 nitrogen and oxygen atoms in total. The van der Waals surface area contributed by atoms with Crippen LogP contribution in [-0.4, -0.2) is 13.2 Å². The molecule has 0 saturated heterocycles. The molecule has 2 atom stereocenters. The van der Waals surface area contributed by atoms with E-state index in [0.29, 0.717) is 11.8 Å². The van der Waals surface area contributed by atoms with Crippen LogP contribution in [0.3, 0.4) is 0 Å². The van der Waals surface area contributed by atoms with E-state index in [4.69, 9.17) is 10.7 Å². The zero-order chi connectivity index (χ0) is 11.1. The standard InChI is InChI=1S/C11H19ClO2S/c1-2-9-5-3-4-6-10(9)11(7-8-11)15(12,13)14/h9-10H,2-8H2,1H3. The predicted molar refractivity (Wildman–Crippen MR) is 62.5 cm³/mol. The van der Waals surface area contributed by atoms with Crippen molar-refractivity contribution < 1.29 is 8.42 Å². The number of halogens is 1. The highest BCUT2D eigenvalue weighted by atomic mass is 35.7. The summed E-state index contributed by atoms with van der Waals surface area (Å²) in [5.74, 6) is 0.911. The predicted octanol–water partition coefficient (Wildman–Crippen LogP) is 3.30. The van der Waals surface area contributed by atoms with Gasteiger partial charge in [0, 0.05) is 10.7 Å². The van der Waals surface area contributed by atoms with Crippen LogP contribution >= 0.6 is 10.7 Å². The summed E-state index contributed by atoms with van der Waals surface area (Å²) < 4.78 is 22.8. The molecule has 2 unspecified atom stereocenters. The zero-order valence-electron chi connectivity index (χ0n) is 9.21. The van der Waals surface area contributed by atoms with E-state index in [-0.39, 0.29) is 0 Å². The minimum Gasteiger partial charge on any atom is -0.212 e. The number of rotatable bonds is 3. The van der Waals surface area contributed by atoms with Crippen LogP contribution in [0.5, 0.6) is 0 Å². The fourth-order valence-corrected chi connectivity index (χ4v) is 5.38. The monoisotopic (exact) mass is 250 g/mol. The Morgan fingerprint density at radius 1 is 1.27 bits per heavy atom. The maximum Gasteiger partial charge on any atom is 0.238 e. The molecule has 88 valence electrons. The summed E-state index contributed by atoms with van der Waals surface area (Å²) in [5.41, 5.74) is 0. The molecular formula is C11H19ClO2S. The van der Waals surface area contributed by atoms with Crippen molar-refractivity contribution in [1.82, 2.24) is 0 Å². The Balaban J connectivity index is 2.22. The molecule has 0 amide bonds. The summed E-state index contributed by atoms with van der Waals surface area (Å²) in [6, 6.07) is 0. The van der Waals surface area contributed by atoms with Gasteiger partial charge in [-0.05, 0) is 31.1 Å². The lowest BCUT2D eigenvalue weighted by Crippen LogP contribution is -2.36. The average molecular weight is 251 g/mol. The normalized spacial score (nSPS) is 35.1. The molecule has 2 aliphatic carbocycles. The van der Waals surface area contributed by atoms with Gasteiger partial charge in [0.05, 0.1) is 4.75 Å². The summed E-state index contributed by atoms with van der Waals surface area (Å²) in [7, 11) is 2.25. The first-order valence-electron chi connectivity index (χ1n) is 5.95. The van der Waals surface area contributed by atoms with E-state index < -0.39 is 13.8 Å². The van der Waals surface area contributed by atoms with E-state index in [1.807, 2.05) is 0 Å². The quantitative estimate of drug-likeness (QED) is 0.721. The Morgan fingerprint density at radius 3 is 2.33 bits per heavy atom. The van der Waals surface area contributed by atoms with Crippen molar-refractivity contribution in [3.63, 3.8) is 0 Å². The van der Waals surface area contributed by atoms with Crippen molar-refractivity contribution in [1.29, 1.82) is 0 Å². The highest BCUT2D eigenvalue weighted by Gasteiger charge is 2.60. The van der Waals surface area contributed by atoms with Crippen molar-refractivity contribution in [3.8, 4) is 0 Å². The molecule has 0 bridgehead atoms. The Kier molecular flexibility index (Phi) is 3.06. The van der Waals surface area contributed by atoms with Crippen molar-refractivity contribution in [2.24, 2.45) is 11.8 Å². The minimum atomic E-state index is -3.36. The molecule has 2 rings (SSSR count). The molecule has 0 N–H and O–H groups in total. The van der Waals surface area contributed by atoms with Gasteiger partial charge in [-0.2, -0.15) is 0 Å². The van der Waals surface area contributed by atoms with Gasteiger partial charge in [-0.15, -0.1) is 0 Å². The molecule has 2 fully saturated rings. The average Bonchev–Trinajstić information content (AvgIpc) is 2.97. The van der Waals surface area contributed by atoms with Crippen molar-refractivity contribution in [3.05, 3.63) is 0 Å².